The molecule has 9 heteroatoms. The Morgan fingerprint density at radius 3 is 2.44 bits per heavy atom. The zero-order valence-electron chi connectivity index (χ0n) is 14.4. The van der Waals surface area contributed by atoms with Crippen LogP contribution < -0.4 is 0 Å². The van der Waals surface area contributed by atoms with E-state index in [9.17, 15) is 24.6 Å². The lowest BCUT2D eigenvalue weighted by atomic mass is 9.81. The number of ether oxygens (including phenoxy) is 3. The smallest absolute Gasteiger partial charge is 0.338 e. The van der Waals surface area contributed by atoms with E-state index < -0.39 is 47.6 Å². The molecule has 1 aromatic rings. The van der Waals surface area contributed by atoms with Crippen molar-refractivity contribution in [3.63, 3.8) is 0 Å². The average molecular weight is 441 g/mol. The summed E-state index contributed by atoms with van der Waals surface area (Å²) in [6, 6.07) is 6.28. The van der Waals surface area contributed by atoms with Crippen molar-refractivity contribution >= 4 is 33.8 Å². The molecule has 8 nitrogen and oxygen atoms in total. The molecule has 1 aliphatic heterocycles. The zero-order valence-corrected chi connectivity index (χ0v) is 16.0. The van der Waals surface area contributed by atoms with Crippen molar-refractivity contribution in [2.24, 2.45) is 11.8 Å². The number of halogens is 1. The molecule has 0 unspecified atom stereocenters. The quantitative estimate of drug-likeness (QED) is 0.526. The predicted octanol–water partition coefficient (Wildman–Crippen LogP) is 0.946. The van der Waals surface area contributed by atoms with Gasteiger partial charge in [0.25, 0.3) is 0 Å². The summed E-state index contributed by atoms with van der Waals surface area (Å²) in [5.74, 6) is -4.86. The predicted molar refractivity (Wildman–Crippen MR) is 93.1 cm³/mol. The van der Waals surface area contributed by atoms with Crippen LogP contribution in [-0.2, 0) is 23.8 Å². The van der Waals surface area contributed by atoms with Gasteiger partial charge >= 0.3 is 17.9 Å². The van der Waals surface area contributed by atoms with Gasteiger partial charge < -0.3 is 24.4 Å². The highest BCUT2D eigenvalue weighted by Crippen LogP contribution is 2.48. The van der Waals surface area contributed by atoms with Gasteiger partial charge in [0, 0.05) is 10.4 Å². The fraction of sp³-hybridized carbons (Fsp3) is 0.389. The highest BCUT2D eigenvalue weighted by molar-refractivity contribution is 9.10. The maximum absolute atomic E-state index is 12.4. The molecule has 1 fully saturated rings. The van der Waals surface area contributed by atoms with E-state index in [4.69, 9.17) is 9.47 Å². The van der Waals surface area contributed by atoms with Crippen LogP contribution in [-0.4, -0.2) is 53.0 Å². The average Bonchev–Trinajstić information content (AvgIpc) is 2.83. The molecule has 5 atom stereocenters. The molecular weight excluding hydrogens is 424 g/mol. The number of cyclic esters (lactones) is 1. The lowest BCUT2D eigenvalue weighted by Crippen LogP contribution is -2.48. The molecule has 1 saturated carbocycles. The van der Waals surface area contributed by atoms with Crippen LogP contribution in [0.3, 0.4) is 0 Å². The van der Waals surface area contributed by atoms with Crippen molar-refractivity contribution in [1.82, 2.24) is 0 Å². The number of rotatable bonds is 3. The van der Waals surface area contributed by atoms with Crippen molar-refractivity contribution in [1.29, 1.82) is 0 Å². The van der Waals surface area contributed by atoms with Gasteiger partial charge in [-0.2, -0.15) is 0 Å². The third-order valence-electron chi connectivity index (χ3n) is 4.89. The number of methoxy groups -OCH3 is 1. The van der Waals surface area contributed by atoms with Gasteiger partial charge in [0.05, 0.1) is 24.2 Å². The minimum Gasteiger partial charge on any atom is -0.466 e. The molecule has 1 heterocycles. The number of carbonyl (C=O) groups excluding carboxylic acids is 3. The molecule has 144 valence electrons. The topological polar surface area (TPSA) is 119 Å². The zero-order chi connectivity index (χ0) is 19.9. The summed E-state index contributed by atoms with van der Waals surface area (Å²) in [6.07, 6.45) is -2.07. The largest absolute Gasteiger partial charge is 0.466 e. The van der Waals surface area contributed by atoms with Crippen LogP contribution in [0, 0.1) is 11.8 Å². The molecule has 2 aliphatic rings. The summed E-state index contributed by atoms with van der Waals surface area (Å²) >= 11 is 3.25. The Balaban J connectivity index is 1.92. The molecule has 0 spiro atoms. The number of carbonyl (C=O) groups is 3. The third kappa shape index (κ3) is 3.26. The molecular formula is C18H17BrO8. The second kappa shape index (κ2) is 7.06. The minimum absolute atomic E-state index is 0.114. The van der Waals surface area contributed by atoms with Crippen molar-refractivity contribution in [2.45, 2.75) is 24.7 Å². The van der Waals surface area contributed by atoms with Gasteiger partial charge in [-0.05, 0) is 31.2 Å². The van der Waals surface area contributed by atoms with Gasteiger partial charge in [0.1, 0.15) is 18.0 Å². The lowest BCUT2D eigenvalue weighted by molar-refractivity contribution is -0.159. The highest BCUT2D eigenvalue weighted by atomic mass is 79.9. The van der Waals surface area contributed by atoms with Crippen molar-refractivity contribution in [3.8, 4) is 0 Å². The Kier molecular flexibility index (Phi) is 5.11. The first-order valence-corrected chi connectivity index (χ1v) is 8.83. The second-order valence-corrected chi connectivity index (χ2v) is 7.47. The molecule has 1 aliphatic carbocycles. The summed E-state index contributed by atoms with van der Waals surface area (Å²) < 4.78 is 15.6. The number of fused-ring (bicyclic) bond motifs is 1. The van der Waals surface area contributed by atoms with Crippen LogP contribution in [0.1, 0.15) is 17.3 Å². The van der Waals surface area contributed by atoms with E-state index in [2.05, 4.69) is 20.7 Å². The number of hydrogen-bond donors (Lipinski definition) is 2. The maximum Gasteiger partial charge on any atom is 0.338 e. The Bertz CT molecular complexity index is 813. The first-order chi connectivity index (χ1) is 12.7. The van der Waals surface area contributed by atoms with Crippen LogP contribution in [0.25, 0.3) is 0 Å². The van der Waals surface area contributed by atoms with Crippen LogP contribution >= 0.6 is 15.9 Å². The molecule has 0 radical (unpaired) electrons. The number of hydrogen-bond acceptors (Lipinski definition) is 8. The van der Waals surface area contributed by atoms with Gasteiger partial charge in [-0.15, -0.1) is 0 Å². The van der Waals surface area contributed by atoms with Gasteiger partial charge in [-0.1, -0.05) is 15.9 Å². The first kappa shape index (κ1) is 19.5. The Morgan fingerprint density at radius 2 is 1.85 bits per heavy atom. The SMILES string of the molecule is COC(=O)C1=COC(=O)[C@H]2[C@@H]1[C@H](O)[C@H](OC(=O)c1ccc(Br)cc1)[C@]2(C)O. The van der Waals surface area contributed by atoms with E-state index in [0.29, 0.717) is 0 Å². The van der Waals surface area contributed by atoms with Gasteiger partial charge in [0.2, 0.25) is 0 Å². The monoisotopic (exact) mass is 440 g/mol. The number of aliphatic hydroxyl groups excluding tert-OH is 1. The van der Waals surface area contributed by atoms with Gasteiger partial charge in [-0.3, -0.25) is 4.79 Å². The van der Waals surface area contributed by atoms with Crippen molar-refractivity contribution < 1.29 is 38.8 Å². The Labute approximate surface area is 162 Å². The summed E-state index contributed by atoms with van der Waals surface area (Å²) in [7, 11) is 1.14. The molecule has 27 heavy (non-hydrogen) atoms. The number of aliphatic hydroxyl groups is 2. The van der Waals surface area contributed by atoms with Crippen LogP contribution in [0.4, 0.5) is 0 Å². The Hall–Kier alpha value is -2.23. The number of benzene rings is 1. The van der Waals surface area contributed by atoms with E-state index >= 15 is 0 Å². The molecule has 2 N–H and O–H groups in total. The van der Waals surface area contributed by atoms with E-state index in [0.717, 1.165) is 17.8 Å². The van der Waals surface area contributed by atoms with Gasteiger partial charge in [0.15, 0.2) is 6.10 Å². The summed E-state index contributed by atoms with van der Waals surface area (Å²) in [5, 5.41) is 21.6. The van der Waals surface area contributed by atoms with E-state index in [1.54, 1.807) is 12.1 Å². The third-order valence-corrected chi connectivity index (χ3v) is 5.42. The maximum atomic E-state index is 12.4. The van der Waals surface area contributed by atoms with Crippen molar-refractivity contribution in [3.05, 3.63) is 46.1 Å². The van der Waals surface area contributed by atoms with Gasteiger partial charge in [-0.25, -0.2) is 9.59 Å². The summed E-state index contributed by atoms with van der Waals surface area (Å²) in [5.41, 5.74) is -1.88. The summed E-state index contributed by atoms with van der Waals surface area (Å²) in [6.45, 7) is 1.25. The van der Waals surface area contributed by atoms with E-state index in [-0.39, 0.29) is 11.1 Å². The van der Waals surface area contributed by atoms with Crippen molar-refractivity contribution in [2.75, 3.05) is 7.11 Å². The molecule has 1 aromatic carbocycles. The summed E-state index contributed by atoms with van der Waals surface area (Å²) in [4.78, 5) is 36.6. The molecule has 0 saturated heterocycles. The minimum atomic E-state index is -1.96. The van der Waals surface area contributed by atoms with E-state index in [1.165, 1.54) is 19.1 Å². The molecule has 0 aromatic heterocycles. The van der Waals surface area contributed by atoms with Crippen LogP contribution in [0.5, 0.6) is 0 Å². The molecule has 3 rings (SSSR count). The normalized spacial score (nSPS) is 32.2. The second-order valence-electron chi connectivity index (χ2n) is 6.55. The Morgan fingerprint density at radius 1 is 1.22 bits per heavy atom. The fourth-order valence-corrected chi connectivity index (χ4v) is 3.82. The standard InChI is InChI=1S/C18H17BrO8/c1-18(24)12-11(10(16(22)25-2)7-26-17(12)23)13(20)14(18)27-15(21)8-3-5-9(19)6-4-8/h3-7,11-14,20,24H,1-2H3/t11-,12-,13+,14+,18-/m1/s1. The lowest BCUT2D eigenvalue weighted by Gasteiger charge is -2.31. The first-order valence-electron chi connectivity index (χ1n) is 8.04. The molecule has 0 amide bonds. The molecule has 0 bridgehead atoms. The highest BCUT2D eigenvalue weighted by Gasteiger charge is 2.65. The van der Waals surface area contributed by atoms with Crippen LogP contribution in [0.15, 0.2) is 40.6 Å². The van der Waals surface area contributed by atoms with Crippen LogP contribution in [0.2, 0.25) is 0 Å². The number of esters is 3. The van der Waals surface area contributed by atoms with E-state index in [1.807, 2.05) is 0 Å². The fourth-order valence-electron chi connectivity index (χ4n) is 3.55.